The van der Waals surface area contributed by atoms with Gasteiger partial charge >= 0.3 is 0 Å². The van der Waals surface area contributed by atoms with Crippen LogP contribution in [0.15, 0.2) is 30.3 Å². The minimum Gasteiger partial charge on any atom is -0.378 e. The second-order valence-corrected chi connectivity index (χ2v) is 4.78. The van der Waals surface area contributed by atoms with Gasteiger partial charge in [-0.25, -0.2) is 0 Å². The fourth-order valence-electron chi connectivity index (χ4n) is 2.00. The van der Waals surface area contributed by atoms with E-state index in [-0.39, 0.29) is 0 Å². The Bertz CT molecular complexity index is 369. The van der Waals surface area contributed by atoms with Crippen LogP contribution in [0, 0.1) is 0 Å². The van der Waals surface area contributed by atoms with Crippen LogP contribution in [0.1, 0.15) is 19.8 Å². The van der Waals surface area contributed by atoms with Gasteiger partial charge in [0.15, 0.2) is 5.11 Å². The molecular formula is C13H18N2OS. The Morgan fingerprint density at radius 1 is 1.35 bits per heavy atom. The highest BCUT2D eigenvalue weighted by Gasteiger charge is 2.19. The molecule has 0 aliphatic carbocycles. The van der Waals surface area contributed by atoms with Crippen LogP contribution < -0.4 is 10.6 Å². The van der Waals surface area contributed by atoms with Crippen LogP contribution in [-0.2, 0) is 4.74 Å². The predicted molar refractivity (Wildman–Crippen MR) is 74.2 cm³/mol. The molecule has 1 aliphatic rings. The summed E-state index contributed by atoms with van der Waals surface area (Å²) in [6, 6.07) is 10.4. The van der Waals surface area contributed by atoms with Gasteiger partial charge in [0.1, 0.15) is 0 Å². The summed E-state index contributed by atoms with van der Waals surface area (Å²) in [6.07, 6.45) is 2.35. The molecule has 0 bridgehead atoms. The van der Waals surface area contributed by atoms with Crippen LogP contribution in [-0.4, -0.2) is 23.9 Å². The Labute approximate surface area is 108 Å². The van der Waals surface area contributed by atoms with Crippen molar-refractivity contribution < 1.29 is 4.74 Å². The first-order chi connectivity index (χ1) is 8.24. The Morgan fingerprint density at radius 3 is 2.82 bits per heavy atom. The molecule has 2 N–H and O–H groups in total. The molecule has 0 aromatic heterocycles. The highest BCUT2D eigenvalue weighted by atomic mass is 32.1. The minimum absolute atomic E-state index is 0.320. The topological polar surface area (TPSA) is 33.3 Å². The second kappa shape index (κ2) is 5.98. The van der Waals surface area contributed by atoms with E-state index in [0.29, 0.717) is 17.3 Å². The molecule has 1 saturated heterocycles. The van der Waals surface area contributed by atoms with Crippen molar-refractivity contribution in [2.75, 3.05) is 11.9 Å². The van der Waals surface area contributed by atoms with Gasteiger partial charge in [-0.3, -0.25) is 0 Å². The number of thiocarbonyl (C=S) groups is 1. The second-order valence-electron chi connectivity index (χ2n) is 4.37. The van der Waals surface area contributed by atoms with E-state index >= 15 is 0 Å². The molecular weight excluding hydrogens is 232 g/mol. The van der Waals surface area contributed by atoms with Crippen molar-refractivity contribution in [3.8, 4) is 0 Å². The standard InChI is InChI=1S/C13H18N2OS/c1-10-9-12(7-8-16-10)15-13(17)14-11-5-3-2-4-6-11/h2-6,10,12H,7-9H2,1H3,(H2,14,15,17). The van der Waals surface area contributed by atoms with E-state index in [1.54, 1.807) is 0 Å². The van der Waals surface area contributed by atoms with Crippen LogP contribution in [0.5, 0.6) is 0 Å². The van der Waals surface area contributed by atoms with Crippen molar-refractivity contribution in [2.24, 2.45) is 0 Å². The molecule has 2 unspecified atom stereocenters. The van der Waals surface area contributed by atoms with Crippen LogP contribution in [0.25, 0.3) is 0 Å². The molecule has 0 saturated carbocycles. The normalized spacial score (nSPS) is 24.1. The molecule has 1 aliphatic heterocycles. The fraction of sp³-hybridized carbons (Fsp3) is 0.462. The molecule has 1 heterocycles. The third-order valence-corrected chi connectivity index (χ3v) is 3.07. The molecule has 92 valence electrons. The molecule has 4 heteroatoms. The zero-order valence-electron chi connectivity index (χ0n) is 9.98. The fourth-order valence-corrected chi connectivity index (χ4v) is 2.29. The zero-order chi connectivity index (χ0) is 12.1. The molecule has 3 nitrogen and oxygen atoms in total. The van der Waals surface area contributed by atoms with E-state index in [2.05, 4.69) is 17.6 Å². The summed E-state index contributed by atoms with van der Waals surface area (Å²) in [5.41, 5.74) is 1.02. The average molecular weight is 250 g/mol. The van der Waals surface area contributed by atoms with Gasteiger partial charge < -0.3 is 15.4 Å². The SMILES string of the molecule is CC1CC(NC(=S)Nc2ccccc2)CCO1. The van der Waals surface area contributed by atoms with Crippen molar-refractivity contribution in [2.45, 2.75) is 31.9 Å². The lowest BCUT2D eigenvalue weighted by molar-refractivity contribution is 0.0168. The molecule has 1 aromatic rings. The quantitative estimate of drug-likeness (QED) is 0.790. The Hall–Kier alpha value is -1.13. The van der Waals surface area contributed by atoms with E-state index in [0.717, 1.165) is 25.1 Å². The summed E-state index contributed by atoms with van der Waals surface area (Å²) in [7, 11) is 0. The summed E-state index contributed by atoms with van der Waals surface area (Å²) < 4.78 is 5.50. The maximum absolute atomic E-state index is 5.50. The maximum atomic E-state index is 5.50. The smallest absolute Gasteiger partial charge is 0.170 e. The molecule has 0 radical (unpaired) electrons. The third-order valence-electron chi connectivity index (χ3n) is 2.85. The van der Waals surface area contributed by atoms with Crippen LogP contribution in [0.2, 0.25) is 0 Å². The molecule has 2 atom stereocenters. The number of hydrogen-bond acceptors (Lipinski definition) is 2. The van der Waals surface area contributed by atoms with E-state index in [9.17, 15) is 0 Å². The number of para-hydroxylation sites is 1. The van der Waals surface area contributed by atoms with Gasteiger partial charge in [-0.15, -0.1) is 0 Å². The van der Waals surface area contributed by atoms with E-state index in [1.807, 2.05) is 30.3 Å². The first-order valence-corrected chi connectivity index (χ1v) is 6.39. The number of anilines is 1. The highest BCUT2D eigenvalue weighted by molar-refractivity contribution is 7.80. The highest BCUT2D eigenvalue weighted by Crippen LogP contribution is 2.13. The lowest BCUT2D eigenvalue weighted by Crippen LogP contribution is -2.43. The first kappa shape index (κ1) is 12.3. The number of hydrogen-bond donors (Lipinski definition) is 2. The maximum Gasteiger partial charge on any atom is 0.170 e. The summed E-state index contributed by atoms with van der Waals surface area (Å²) in [5.74, 6) is 0. The lowest BCUT2D eigenvalue weighted by atomic mass is 10.0. The number of benzene rings is 1. The zero-order valence-corrected chi connectivity index (χ0v) is 10.8. The van der Waals surface area contributed by atoms with Crippen molar-refractivity contribution >= 4 is 23.0 Å². The third kappa shape index (κ3) is 3.98. The number of rotatable bonds is 2. The van der Waals surface area contributed by atoms with Crippen LogP contribution in [0.3, 0.4) is 0 Å². The van der Waals surface area contributed by atoms with E-state index < -0.39 is 0 Å². The largest absolute Gasteiger partial charge is 0.378 e. The molecule has 0 amide bonds. The average Bonchev–Trinajstić information content (AvgIpc) is 2.30. The van der Waals surface area contributed by atoms with E-state index in [4.69, 9.17) is 17.0 Å². The van der Waals surface area contributed by atoms with Crippen LogP contribution >= 0.6 is 12.2 Å². The number of ether oxygens (including phenoxy) is 1. The lowest BCUT2D eigenvalue weighted by Gasteiger charge is -2.28. The Kier molecular flexibility index (Phi) is 4.34. The van der Waals surface area contributed by atoms with Gasteiger partial charge in [0.25, 0.3) is 0 Å². The van der Waals surface area contributed by atoms with E-state index in [1.165, 1.54) is 0 Å². The van der Waals surface area contributed by atoms with Crippen molar-refractivity contribution in [3.63, 3.8) is 0 Å². The summed E-state index contributed by atoms with van der Waals surface area (Å²) in [6.45, 7) is 2.91. The van der Waals surface area contributed by atoms with Gasteiger partial charge in [0, 0.05) is 18.3 Å². The van der Waals surface area contributed by atoms with Gasteiger partial charge in [0.05, 0.1) is 6.10 Å². The van der Waals surface area contributed by atoms with Gasteiger partial charge in [-0.2, -0.15) is 0 Å². The van der Waals surface area contributed by atoms with Gasteiger partial charge in [-0.05, 0) is 44.1 Å². The van der Waals surface area contributed by atoms with Gasteiger partial charge in [-0.1, -0.05) is 18.2 Å². The summed E-state index contributed by atoms with van der Waals surface area (Å²) in [5, 5.41) is 7.21. The Balaban J connectivity index is 1.81. The molecule has 2 rings (SSSR count). The molecule has 1 aromatic carbocycles. The van der Waals surface area contributed by atoms with Gasteiger partial charge in [0.2, 0.25) is 0 Å². The molecule has 1 fully saturated rings. The summed E-state index contributed by atoms with van der Waals surface area (Å²) in [4.78, 5) is 0. The predicted octanol–water partition coefficient (Wildman–Crippen LogP) is 2.54. The molecule has 0 spiro atoms. The number of nitrogens with one attached hydrogen (secondary N) is 2. The van der Waals surface area contributed by atoms with Crippen molar-refractivity contribution in [3.05, 3.63) is 30.3 Å². The Morgan fingerprint density at radius 2 is 2.12 bits per heavy atom. The monoisotopic (exact) mass is 250 g/mol. The summed E-state index contributed by atoms with van der Waals surface area (Å²) >= 11 is 5.29. The molecule has 17 heavy (non-hydrogen) atoms. The van der Waals surface area contributed by atoms with Crippen molar-refractivity contribution in [1.29, 1.82) is 0 Å². The van der Waals surface area contributed by atoms with Crippen LogP contribution in [0.4, 0.5) is 5.69 Å². The first-order valence-electron chi connectivity index (χ1n) is 5.98. The minimum atomic E-state index is 0.320. The van der Waals surface area contributed by atoms with Crippen molar-refractivity contribution in [1.82, 2.24) is 5.32 Å².